The van der Waals surface area contributed by atoms with Gasteiger partial charge in [-0.15, -0.1) is 24.0 Å². The van der Waals surface area contributed by atoms with Crippen molar-refractivity contribution in [1.82, 2.24) is 10.6 Å². The summed E-state index contributed by atoms with van der Waals surface area (Å²) in [5.74, 6) is 1.36. The molecule has 0 amide bonds. The molecule has 0 atom stereocenters. The number of aliphatic imine (C=N–C) groups is 1. The molecule has 4 nitrogen and oxygen atoms in total. The zero-order valence-electron chi connectivity index (χ0n) is 13.0. The van der Waals surface area contributed by atoms with Gasteiger partial charge in [-0.1, -0.05) is 6.07 Å². The zero-order valence-corrected chi connectivity index (χ0v) is 15.4. The second kappa shape index (κ2) is 8.60. The first-order valence-electron chi connectivity index (χ1n) is 7.12. The lowest BCUT2D eigenvalue weighted by molar-refractivity contribution is -0.138. The molecular formula is C15H21F3IN3O. The highest BCUT2D eigenvalue weighted by molar-refractivity contribution is 14.0. The molecule has 0 bridgehead atoms. The van der Waals surface area contributed by atoms with E-state index >= 15 is 0 Å². The van der Waals surface area contributed by atoms with Crippen molar-refractivity contribution >= 4 is 29.9 Å². The molecule has 1 aliphatic carbocycles. The van der Waals surface area contributed by atoms with Gasteiger partial charge in [0.15, 0.2) is 5.96 Å². The minimum atomic E-state index is -4.42. The van der Waals surface area contributed by atoms with Gasteiger partial charge in [0.2, 0.25) is 0 Å². The lowest BCUT2D eigenvalue weighted by Gasteiger charge is -2.16. The third-order valence-electron chi connectivity index (χ3n) is 3.55. The Morgan fingerprint density at radius 3 is 2.52 bits per heavy atom. The second-order valence-electron chi connectivity index (χ2n) is 5.27. The van der Waals surface area contributed by atoms with Gasteiger partial charge < -0.3 is 15.4 Å². The molecule has 2 rings (SSSR count). The number of alkyl halides is 3. The van der Waals surface area contributed by atoms with Crippen molar-refractivity contribution in [2.75, 3.05) is 20.7 Å². The molecule has 130 valence electrons. The monoisotopic (exact) mass is 443 g/mol. The lowest BCUT2D eigenvalue weighted by Crippen LogP contribution is -2.38. The van der Waals surface area contributed by atoms with Crippen LogP contribution in [-0.2, 0) is 12.7 Å². The average molecular weight is 443 g/mol. The third-order valence-corrected chi connectivity index (χ3v) is 3.55. The highest BCUT2D eigenvalue weighted by atomic mass is 127. The Morgan fingerprint density at radius 2 is 2.00 bits per heavy atom. The van der Waals surface area contributed by atoms with E-state index in [1.165, 1.54) is 32.1 Å². The van der Waals surface area contributed by atoms with Crippen molar-refractivity contribution in [2.45, 2.75) is 25.6 Å². The van der Waals surface area contributed by atoms with Gasteiger partial charge in [-0.25, -0.2) is 0 Å². The van der Waals surface area contributed by atoms with E-state index in [0.29, 0.717) is 11.9 Å². The Balaban J connectivity index is 0.00000264. The van der Waals surface area contributed by atoms with E-state index in [4.69, 9.17) is 4.74 Å². The maximum absolute atomic E-state index is 13.1. The van der Waals surface area contributed by atoms with Crippen LogP contribution in [0.2, 0.25) is 0 Å². The van der Waals surface area contributed by atoms with Crippen LogP contribution < -0.4 is 15.4 Å². The van der Waals surface area contributed by atoms with Crippen LogP contribution in [0.5, 0.6) is 5.75 Å². The Morgan fingerprint density at radius 1 is 1.30 bits per heavy atom. The molecule has 1 saturated carbocycles. The van der Waals surface area contributed by atoms with E-state index < -0.39 is 11.7 Å². The molecule has 1 aromatic carbocycles. The third kappa shape index (κ3) is 6.08. The number of rotatable bonds is 5. The van der Waals surface area contributed by atoms with Gasteiger partial charge in [0.1, 0.15) is 5.75 Å². The van der Waals surface area contributed by atoms with Crippen LogP contribution in [0.25, 0.3) is 0 Å². The van der Waals surface area contributed by atoms with Crippen molar-refractivity contribution < 1.29 is 17.9 Å². The number of benzene rings is 1. The number of guanidine groups is 1. The van der Waals surface area contributed by atoms with Gasteiger partial charge in [0, 0.05) is 20.1 Å². The molecule has 0 aromatic heterocycles. The molecule has 8 heteroatoms. The van der Waals surface area contributed by atoms with Gasteiger partial charge in [-0.05, 0) is 36.5 Å². The summed E-state index contributed by atoms with van der Waals surface area (Å²) in [7, 11) is 2.94. The number of nitrogens with one attached hydrogen (secondary N) is 2. The quantitative estimate of drug-likeness (QED) is 0.417. The van der Waals surface area contributed by atoms with Crippen LogP contribution in [0.4, 0.5) is 13.2 Å². The molecule has 0 radical (unpaired) electrons. The number of hydrogen-bond acceptors (Lipinski definition) is 2. The Hall–Kier alpha value is -1.19. The first-order valence-corrected chi connectivity index (χ1v) is 7.12. The van der Waals surface area contributed by atoms with Crippen molar-refractivity contribution in [2.24, 2.45) is 10.9 Å². The molecule has 0 aliphatic heterocycles. The predicted octanol–water partition coefficient (Wildman–Crippen LogP) is 3.41. The summed E-state index contributed by atoms with van der Waals surface area (Å²) in [6.07, 6.45) is -2.03. The normalized spacial score (nSPS) is 14.9. The summed E-state index contributed by atoms with van der Waals surface area (Å²) in [6, 6.07) is 3.95. The maximum Gasteiger partial charge on any atom is 0.416 e. The fraction of sp³-hybridized carbons (Fsp3) is 0.533. The van der Waals surface area contributed by atoms with Crippen molar-refractivity contribution in [3.8, 4) is 5.75 Å². The Labute approximate surface area is 150 Å². The molecule has 0 spiro atoms. The highest BCUT2D eigenvalue weighted by Crippen LogP contribution is 2.34. The van der Waals surface area contributed by atoms with Crippen molar-refractivity contribution in [3.05, 3.63) is 29.3 Å². The van der Waals surface area contributed by atoms with Crippen molar-refractivity contribution in [3.63, 3.8) is 0 Å². The SMILES string of the molecule is CN=C(NCc1ccc(OC)cc1C(F)(F)F)NCC1CC1.I. The van der Waals surface area contributed by atoms with Crippen LogP contribution in [0, 0.1) is 5.92 Å². The number of nitrogens with zero attached hydrogens (tertiary/aromatic N) is 1. The molecular weight excluding hydrogens is 422 g/mol. The molecule has 0 unspecified atom stereocenters. The summed E-state index contributed by atoms with van der Waals surface area (Å²) in [5.41, 5.74) is -0.542. The second-order valence-corrected chi connectivity index (χ2v) is 5.27. The first kappa shape index (κ1) is 19.9. The highest BCUT2D eigenvalue weighted by Gasteiger charge is 2.33. The number of methoxy groups -OCH3 is 1. The minimum Gasteiger partial charge on any atom is -0.497 e. The summed E-state index contributed by atoms with van der Waals surface area (Å²) in [6.45, 7) is 0.845. The minimum absolute atomic E-state index is 0. The van der Waals surface area contributed by atoms with Gasteiger partial charge in [-0.2, -0.15) is 13.2 Å². The van der Waals surface area contributed by atoms with Crippen LogP contribution in [-0.4, -0.2) is 26.7 Å². The summed E-state index contributed by atoms with van der Waals surface area (Å²) in [4.78, 5) is 4.02. The van der Waals surface area contributed by atoms with E-state index in [0.717, 1.165) is 12.6 Å². The average Bonchev–Trinajstić information content (AvgIpc) is 3.30. The van der Waals surface area contributed by atoms with E-state index in [1.807, 2.05) is 0 Å². The molecule has 1 aromatic rings. The fourth-order valence-corrected chi connectivity index (χ4v) is 2.06. The summed E-state index contributed by atoms with van der Waals surface area (Å²) < 4.78 is 44.2. The van der Waals surface area contributed by atoms with Crippen LogP contribution >= 0.6 is 24.0 Å². The van der Waals surface area contributed by atoms with Gasteiger partial charge in [0.25, 0.3) is 0 Å². The molecule has 23 heavy (non-hydrogen) atoms. The molecule has 2 N–H and O–H groups in total. The molecule has 1 fully saturated rings. The van der Waals surface area contributed by atoms with E-state index in [1.54, 1.807) is 7.05 Å². The van der Waals surface area contributed by atoms with Crippen LogP contribution in [0.1, 0.15) is 24.0 Å². The van der Waals surface area contributed by atoms with Crippen LogP contribution in [0.15, 0.2) is 23.2 Å². The van der Waals surface area contributed by atoms with Gasteiger partial charge in [-0.3, -0.25) is 4.99 Å². The van der Waals surface area contributed by atoms with Crippen LogP contribution in [0.3, 0.4) is 0 Å². The molecule has 1 aliphatic rings. The van der Waals surface area contributed by atoms with E-state index in [9.17, 15) is 13.2 Å². The topological polar surface area (TPSA) is 45.7 Å². The number of hydrogen-bond donors (Lipinski definition) is 2. The first-order chi connectivity index (χ1) is 10.4. The zero-order chi connectivity index (χ0) is 16.2. The summed E-state index contributed by atoms with van der Waals surface area (Å²) in [5, 5.41) is 6.03. The number of ether oxygens (including phenoxy) is 1. The van der Waals surface area contributed by atoms with Gasteiger partial charge >= 0.3 is 6.18 Å². The summed E-state index contributed by atoms with van der Waals surface area (Å²) >= 11 is 0. The van der Waals surface area contributed by atoms with Crippen molar-refractivity contribution in [1.29, 1.82) is 0 Å². The smallest absolute Gasteiger partial charge is 0.416 e. The van der Waals surface area contributed by atoms with E-state index in [2.05, 4.69) is 15.6 Å². The number of halogens is 4. The molecule has 0 saturated heterocycles. The maximum atomic E-state index is 13.1. The van der Waals surface area contributed by atoms with Gasteiger partial charge in [0.05, 0.1) is 12.7 Å². The fourth-order valence-electron chi connectivity index (χ4n) is 2.06. The largest absolute Gasteiger partial charge is 0.497 e. The Kier molecular flexibility index (Phi) is 7.43. The predicted molar refractivity (Wildman–Crippen MR) is 94.3 cm³/mol. The molecule has 0 heterocycles. The van der Waals surface area contributed by atoms with E-state index in [-0.39, 0.29) is 41.8 Å². The lowest BCUT2D eigenvalue weighted by atomic mass is 10.1. The standard InChI is InChI=1S/C15H20F3N3O.HI/c1-19-14(20-8-10-3-4-10)21-9-11-5-6-12(22-2)7-13(11)15(16,17)18;/h5-7,10H,3-4,8-9H2,1-2H3,(H2,19,20,21);1H. The Bertz CT molecular complexity index is 545.